The Hall–Kier alpha value is -0.340. The summed E-state index contributed by atoms with van der Waals surface area (Å²) >= 11 is 0. The number of rotatable bonds is 3. The van der Waals surface area contributed by atoms with Crippen LogP contribution < -0.4 is 5.32 Å². The van der Waals surface area contributed by atoms with E-state index in [9.17, 15) is 0 Å². The molecule has 40 valence electrons. The molecule has 7 heavy (non-hydrogen) atoms. The number of hydrogen-bond acceptors (Lipinski definition) is 2. The Kier molecular flexibility index (Phi) is 1.44. The molecule has 1 N–H and O–H groups in total. The number of epoxide rings is 1. The third-order valence-electron chi connectivity index (χ3n) is 0.823. The van der Waals surface area contributed by atoms with Crippen molar-refractivity contribution in [3.63, 3.8) is 0 Å². The maximum absolute atomic E-state index is 4.85. The van der Waals surface area contributed by atoms with Crippen LogP contribution in [0.25, 0.3) is 0 Å². The lowest BCUT2D eigenvalue weighted by atomic mass is 10.6. The molecule has 0 spiro atoms. The Morgan fingerprint density at radius 3 is 3.14 bits per heavy atom. The first-order chi connectivity index (χ1) is 3.43. The standard InChI is InChI=1S/C5H9NO/c1-2-3-6-5-4-7-5/h2,5-6H,1,3-4H2. The molecule has 1 heterocycles. The minimum Gasteiger partial charge on any atom is -0.357 e. The van der Waals surface area contributed by atoms with Gasteiger partial charge in [-0.05, 0) is 0 Å². The van der Waals surface area contributed by atoms with Gasteiger partial charge in [0.25, 0.3) is 0 Å². The lowest BCUT2D eigenvalue weighted by Crippen LogP contribution is -2.16. The Morgan fingerprint density at radius 2 is 2.71 bits per heavy atom. The van der Waals surface area contributed by atoms with Crippen LogP contribution in [0.4, 0.5) is 0 Å². The van der Waals surface area contributed by atoms with Gasteiger partial charge < -0.3 is 4.74 Å². The molecule has 2 heteroatoms. The first-order valence-electron chi connectivity index (χ1n) is 2.39. The van der Waals surface area contributed by atoms with Gasteiger partial charge >= 0.3 is 0 Å². The monoisotopic (exact) mass is 99.1 g/mol. The molecule has 1 fully saturated rings. The van der Waals surface area contributed by atoms with Crippen LogP contribution in [0.5, 0.6) is 0 Å². The van der Waals surface area contributed by atoms with Gasteiger partial charge in [-0.15, -0.1) is 6.58 Å². The fourth-order valence-electron chi connectivity index (χ4n) is 0.381. The van der Waals surface area contributed by atoms with E-state index in [4.69, 9.17) is 4.74 Å². The van der Waals surface area contributed by atoms with E-state index in [0.29, 0.717) is 6.23 Å². The summed E-state index contributed by atoms with van der Waals surface area (Å²) in [5.41, 5.74) is 0. The second-order valence-corrected chi connectivity index (χ2v) is 1.52. The topological polar surface area (TPSA) is 24.6 Å². The van der Waals surface area contributed by atoms with Gasteiger partial charge in [-0.1, -0.05) is 6.08 Å². The highest BCUT2D eigenvalue weighted by molar-refractivity contribution is 4.74. The van der Waals surface area contributed by atoms with Crippen molar-refractivity contribution < 1.29 is 4.74 Å². The summed E-state index contributed by atoms with van der Waals surface area (Å²) in [6.07, 6.45) is 2.15. The molecule has 0 bridgehead atoms. The average molecular weight is 99.1 g/mol. The van der Waals surface area contributed by atoms with Crippen molar-refractivity contribution in [1.82, 2.24) is 5.32 Å². The minimum absolute atomic E-state index is 0.331. The SMILES string of the molecule is C=CCNC1CO1. The lowest BCUT2D eigenvalue weighted by molar-refractivity contribution is 0.377. The summed E-state index contributed by atoms with van der Waals surface area (Å²) in [6, 6.07) is 0. The Bertz CT molecular complexity index is 68.5. The molecule has 1 rings (SSSR count). The van der Waals surface area contributed by atoms with Crippen molar-refractivity contribution in [1.29, 1.82) is 0 Å². The molecule has 1 aliphatic heterocycles. The Balaban J connectivity index is 1.88. The smallest absolute Gasteiger partial charge is 0.132 e. The summed E-state index contributed by atoms with van der Waals surface area (Å²) < 4.78 is 4.85. The van der Waals surface area contributed by atoms with Crippen molar-refractivity contribution in [2.75, 3.05) is 13.2 Å². The van der Waals surface area contributed by atoms with Crippen LogP contribution in [-0.2, 0) is 4.74 Å². The molecular formula is C5H9NO. The highest BCUT2D eigenvalue weighted by Crippen LogP contribution is 2.02. The number of nitrogens with one attached hydrogen (secondary N) is 1. The molecular weight excluding hydrogens is 90.1 g/mol. The highest BCUT2D eigenvalue weighted by atomic mass is 16.6. The summed E-state index contributed by atoms with van der Waals surface area (Å²) in [4.78, 5) is 0. The number of ether oxygens (including phenoxy) is 1. The van der Waals surface area contributed by atoms with Crippen molar-refractivity contribution >= 4 is 0 Å². The molecule has 0 aromatic heterocycles. The molecule has 1 saturated heterocycles. The lowest BCUT2D eigenvalue weighted by Gasteiger charge is -1.88. The van der Waals surface area contributed by atoms with Gasteiger partial charge in [0.1, 0.15) is 6.23 Å². The summed E-state index contributed by atoms with van der Waals surface area (Å²) in [6.45, 7) is 5.26. The van der Waals surface area contributed by atoms with E-state index in [1.54, 1.807) is 0 Å². The molecule has 1 atom stereocenters. The predicted molar refractivity (Wildman–Crippen MR) is 27.9 cm³/mol. The van der Waals surface area contributed by atoms with Gasteiger partial charge in [0, 0.05) is 6.54 Å². The number of hydrogen-bond donors (Lipinski definition) is 1. The molecule has 2 nitrogen and oxygen atoms in total. The second-order valence-electron chi connectivity index (χ2n) is 1.52. The molecule has 0 radical (unpaired) electrons. The van der Waals surface area contributed by atoms with Crippen molar-refractivity contribution in [2.45, 2.75) is 6.23 Å². The van der Waals surface area contributed by atoms with Gasteiger partial charge in [-0.2, -0.15) is 0 Å². The normalized spacial score (nSPS) is 27.1. The van der Waals surface area contributed by atoms with Gasteiger partial charge in [0.15, 0.2) is 0 Å². The third-order valence-corrected chi connectivity index (χ3v) is 0.823. The van der Waals surface area contributed by atoms with Gasteiger partial charge in [0.2, 0.25) is 0 Å². The van der Waals surface area contributed by atoms with Crippen LogP contribution in [0.15, 0.2) is 12.7 Å². The quantitative estimate of drug-likeness (QED) is 0.401. The molecule has 0 aromatic rings. The highest BCUT2D eigenvalue weighted by Gasteiger charge is 2.19. The predicted octanol–water partition coefficient (Wildman–Crippen LogP) is 0.118. The van der Waals surface area contributed by atoms with Crippen LogP contribution in [0.2, 0.25) is 0 Å². The first-order valence-corrected chi connectivity index (χ1v) is 2.39. The van der Waals surface area contributed by atoms with Crippen LogP contribution in [0.1, 0.15) is 0 Å². The van der Waals surface area contributed by atoms with Gasteiger partial charge in [-0.25, -0.2) is 0 Å². The molecule has 1 unspecified atom stereocenters. The van der Waals surface area contributed by atoms with Crippen LogP contribution >= 0.6 is 0 Å². The van der Waals surface area contributed by atoms with Crippen molar-refractivity contribution in [3.8, 4) is 0 Å². The van der Waals surface area contributed by atoms with E-state index >= 15 is 0 Å². The third kappa shape index (κ3) is 1.71. The molecule has 1 aliphatic rings. The van der Waals surface area contributed by atoms with Gasteiger partial charge in [0.05, 0.1) is 6.61 Å². The fraction of sp³-hybridized carbons (Fsp3) is 0.600. The van der Waals surface area contributed by atoms with Crippen molar-refractivity contribution in [2.24, 2.45) is 0 Å². The first kappa shape index (κ1) is 4.81. The summed E-state index contributed by atoms with van der Waals surface area (Å²) in [5, 5.41) is 3.07. The van der Waals surface area contributed by atoms with E-state index in [0.717, 1.165) is 13.2 Å². The van der Waals surface area contributed by atoms with E-state index in [-0.39, 0.29) is 0 Å². The summed E-state index contributed by atoms with van der Waals surface area (Å²) in [7, 11) is 0. The minimum atomic E-state index is 0.331. The zero-order valence-electron chi connectivity index (χ0n) is 4.18. The Labute approximate surface area is 43.2 Å². The summed E-state index contributed by atoms with van der Waals surface area (Å²) in [5.74, 6) is 0. The van der Waals surface area contributed by atoms with Crippen LogP contribution in [-0.4, -0.2) is 19.4 Å². The Morgan fingerprint density at radius 1 is 2.00 bits per heavy atom. The van der Waals surface area contributed by atoms with Crippen molar-refractivity contribution in [3.05, 3.63) is 12.7 Å². The zero-order valence-corrected chi connectivity index (χ0v) is 4.18. The van der Waals surface area contributed by atoms with E-state index in [1.807, 2.05) is 6.08 Å². The average Bonchev–Trinajstić information content (AvgIpc) is 2.42. The van der Waals surface area contributed by atoms with Crippen LogP contribution in [0, 0.1) is 0 Å². The largest absolute Gasteiger partial charge is 0.357 e. The van der Waals surface area contributed by atoms with E-state index in [2.05, 4.69) is 11.9 Å². The second kappa shape index (κ2) is 2.09. The van der Waals surface area contributed by atoms with Gasteiger partial charge in [-0.3, -0.25) is 5.32 Å². The molecule has 0 saturated carbocycles. The molecule has 0 aromatic carbocycles. The maximum atomic E-state index is 4.85. The molecule has 0 amide bonds. The van der Waals surface area contributed by atoms with Crippen LogP contribution in [0.3, 0.4) is 0 Å². The van der Waals surface area contributed by atoms with E-state index in [1.165, 1.54) is 0 Å². The molecule has 0 aliphatic carbocycles. The maximum Gasteiger partial charge on any atom is 0.132 e. The van der Waals surface area contributed by atoms with E-state index < -0.39 is 0 Å². The fourth-order valence-corrected chi connectivity index (χ4v) is 0.381. The zero-order chi connectivity index (χ0) is 5.11.